The van der Waals surface area contributed by atoms with Crippen LogP contribution in [0.25, 0.3) is 6.08 Å². The molecule has 4 nitrogen and oxygen atoms in total. The van der Waals surface area contributed by atoms with Crippen LogP contribution in [-0.4, -0.2) is 24.0 Å². The van der Waals surface area contributed by atoms with Gasteiger partial charge in [-0.15, -0.1) is 11.8 Å². The normalized spacial score (nSPS) is 12.2. The number of aromatic hydroxyl groups is 1. The minimum atomic E-state index is -0.412. The van der Waals surface area contributed by atoms with Crippen LogP contribution in [0.2, 0.25) is 0 Å². The number of hydrogen-bond donors (Lipinski definition) is 1. The van der Waals surface area contributed by atoms with Crippen LogP contribution in [0, 0.1) is 4.91 Å². The molecule has 0 radical (unpaired) electrons. The lowest BCUT2D eigenvalue weighted by Crippen LogP contribution is -2.02. The van der Waals surface area contributed by atoms with Crippen LogP contribution in [-0.2, 0) is 0 Å². The summed E-state index contributed by atoms with van der Waals surface area (Å²) in [5, 5.41) is 12.7. The smallest absolute Gasteiger partial charge is 0.161 e. The first-order chi connectivity index (χ1) is 10.7. The number of ether oxygens (including phenoxy) is 1. The maximum Gasteiger partial charge on any atom is 0.161 e. The van der Waals surface area contributed by atoms with Crippen molar-refractivity contribution in [1.29, 1.82) is 0 Å². The molecule has 0 fully saturated rings. The van der Waals surface area contributed by atoms with E-state index in [-0.39, 0.29) is 5.75 Å². The van der Waals surface area contributed by atoms with E-state index >= 15 is 0 Å². The zero-order valence-electron chi connectivity index (χ0n) is 12.2. The van der Waals surface area contributed by atoms with Crippen molar-refractivity contribution < 1.29 is 9.84 Å². The third-order valence-electron chi connectivity index (χ3n) is 3.01. The Balaban J connectivity index is 1.98. The lowest BCUT2D eigenvalue weighted by atomic mass is 10.1. The van der Waals surface area contributed by atoms with Gasteiger partial charge in [0.25, 0.3) is 0 Å². The highest BCUT2D eigenvalue weighted by Gasteiger charge is 2.06. The molecule has 0 bridgehead atoms. The fourth-order valence-electron chi connectivity index (χ4n) is 1.84. The number of methoxy groups -OCH3 is 1. The zero-order valence-corrected chi connectivity index (χ0v) is 13.0. The molecule has 1 N–H and O–H groups in total. The van der Waals surface area contributed by atoms with E-state index in [1.54, 1.807) is 42.1 Å². The second kappa shape index (κ2) is 8.24. The van der Waals surface area contributed by atoms with Gasteiger partial charge in [0.05, 0.1) is 7.11 Å². The third kappa shape index (κ3) is 4.63. The Kier molecular flexibility index (Phi) is 6.03. The number of nitroso groups, excluding NO2 is 1. The molecule has 0 amide bonds. The van der Waals surface area contributed by atoms with Gasteiger partial charge in [0.2, 0.25) is 0 Å². The van der Waals surface area contributed by atoms with E-state index in [1.807, 2.05) is 30.3 Å². The molecular weight excluding hydrogens is 298 g/mol. The fraction of sp³-hybridized carbons (Fsp3) is 0.176. The summed E-state index contributed by atoms with van der Waals surface area (Å²) < 4.78 is 5.05. The lowest BCUT2D eigenvalue weighted by Gasteiger charge is -2.05. The minimum Gasteiger partial charge on any atom is -0.504 e. The predicted molar refractivity (Wildman–Crippen MR) is 90.4 cm³/mol. The zero-order chi connectivity index (χ0) is 15.8. The highest BCUT2D eigenvalue weighted by Crippen LogP contribution is 2.27. The number of benzene rings is 2. The number of rotatable bonds is 7. The Morgan fingerprint density at radius 2 is 2.05 bits per heavy atom. The molecule has 5 heteroatoms. The molecule has 2 rings (SSSR count). The first-order valence-electron chi connectivity index (χ1n) is 6.78. The predicted octanol–water partition coefficient (Wildman–Crippen LogP) is 4.34. The Hall–Kier alpha value is -2.27. The highest BCUT2D eigenvalue weighted by atomic mass is 32.2. The van der Waals surface area contributed by atoms with Crippen LogP contribution in [0.5, 0.6) is 11.5 Å². The maximum absolute atomic E-state index is 10.9. The topological polar surface area (TPSA) is 58.9 Å². The third-order valence-corrected chi connectivity index (χ3v) is 4.13. The number of phenolic OH excluding ortho intramolecular Hbond substituents is 1. The van der Waals surface area contributed by atoms with Crippen molar-refractivity contribution in [1.82, 2.24) is 0 Å². The van der Waals surface area contributed by atoms with E-state index in [2.05, 4.69) is 5.18 Å². The highest BCUT2D eigenvalue weighted by molar-refractivity contribution is 7.99. The molecule has 2 aromatic rings. The van der Waals surface area contributed by atoms with Crippen molar-refractivity contribution in [2.75, 3.05) is 12.9 Å². The summed E-state index contributed by atoms with van der Waals surface area (Å²) in [4.78, 5) is 12.1. The van der Waals surface area contributed by atoms with Crippen molar-refractivity contribution in [3.63, 3.8) is 0 Å². The number of hydrogen-bond acceptors (Lipinski definition) is 5. The van der Waals surface area contributed by atoms with Crippen molar-refractivity contribution in [3.05, 3.63) is 65.1 Å². The van der Waals surface area contributed by atoms with Crippen LogP contribution in [0.15, 0.2) is 64.7 Å². The summed E-state index contributed by atoms with van der Waals surface area (Å²) >= 11 is 1.59. The monoisotopic (exact) mass is 315 g/mol. The SMILES string of the molecule is COc1cc(C=CC(CSc2ccccc2)N=O)ccc1O. The fourth-order valence-corrected chi connectivity index (χ4v) is 2.72. The van der Waals surface area contributed by atoms with Gasteiger partial charge in [0, 0.05) is 10.6 Å². The van der Waals surface area contributed by atoms with Crippen molar-refractivity contribution in [3.8, 4) is 11.5 Å². The van der Waals surface area contributed by atoms with E-state index in [4.69, 9.17) is 4.74 Å². The second-order valence-electron chi connectivity index (χ2n) is 4.59. The van der Waals surface area contributed by atoms with Gasteiger partial charge in [-0.2, -0.15) is 4.91 Å². The summed E-state index contributed by atoms with van der Waals surface area (Å²) in [6.07, 6.45) is 3.56. The van der Waals surface area contributed by atoms with Crippen molar-refractivity contribution in [2.24, 2.45) is 5.18 Å². The first kappa shape index (κ1) is 16.1. The summed E-state index contributed by atoms with van der Waals surface area (Å²) in [7, 11) is 1.49. The Morgan fingerprint density at radius 3 is 2.73 bits per heavy atom. The number of nitrogens with zero attached hydrogens (tertiary/aromatic N) is 1. The molecule has 0 aliphatic rings. The molecule has 1 unspecified atom stereocenters. The Labute approximate surface area is 133 Å². The largest absolute Gasteiger partial charge is 0.504 e. The van der Waals surface area contributed by atoms with Crippen LogP contribution in [0.4, 0.5) is 0 Å². The van der Waals surface area contributed by atoms with E-state index in [0.29, 0.717) is 11.5 Å². The van der Waals surface area contributed by atoms with E-state index < -0.39 is 6.04 Å². The molecule has 2 aromatic carbocycles. The molecule has 0 saturated carbocycles. The maximum atomic E-state index is 10.9. The lowest BCUT2D eigenvalue weighted by molar-refractivity contribution is 0.373. The standard InChI is InChI=1S/C17H17NO3S/c1-21-17-11-13(8-10-16(17)19)7-9-14(18-20)12-22-15-5-3-2-4-6-15/h2-11,14,19H,12H2,1H3. The van der Waals surface area contributed by atoms with Crippen LogP contribution in [0.1, 0.15) is 5.56 Å². The van der Waals surface area contributed by atoms with Crippen molar-refractivity contribution >= 4 is 17.8 Å². The summed E-state index contributed by atoms with van der Waals surface area (Å²) in [6.45, 7) is 0. The van der Waals surface area contributed by atoms with Crippen LogP contribution in [0.3, 0.4) is 0 Å². The molecule has 0 heterocycles. The van der Waals surface area contributed by atoms with Gasteiger partial charge in [-0.25, -0.2) is 0 Å². The Morgan fingerprint density at radius 1 is 1.27 bits per heavy atom. The van der Waals surface area contributed by atoms with Gasteiger partial charge in [-0.1, -0.05) is 41.6 Å². The molecule has 0 aromatic heterocycles. The summed E-state index contributed by atoms with van der Waals surface area (Å²) in [5.41, 5.74) is 0.841. The van der Waals surface area contributed by atoms with Crippen LogP contribution < -0.4 is 4.74 Å². The molecule has 0 aliphatic carbocycles. The molecule has 0 spiro atoms. The molecular formula is C17H17NO3S. The quantitative estimate of drug-likeness (QED) is 0.610. The molecule has 22 heavy (non-hydrogen) atoms. The first-order valence-corrected chi connectivity index (χ1v) is 7.77. The molecule has 114 valence electrons. The van der Waals surface area contributed by atoms with Gasteiger partial charge in [0.15, 0.2) is 11.5 Å². The molecule has 0 aliphatic heterocycles. The van der Waals surface area contributed by atoms with Crippen molar-refractivity contribution in [2.45, 2.75) is 10.9 Å². The minimum absolute atomic E-state index is 0.0874. The van der Waals surface area contributed by atoms with Gasteiger partial charge >= 0.3 is 0 Å². The molecule has 1 atom stereocenters. The van der Waals surface area contributed by atoms with Gasteiger partial charge < -0.3 is 9.84 Å². The Bertz CT molecular complexity index is 644. The average molecular weight is 315 g/mol. The van der Waals surface area contributed by atoms with Gasteiger partial charge in [-0.05, 0) is 29.8 Å². The summed E-state index contributed by atoms with van der Waals surface area (Å²) in [6, 6.07) is 14.5. The second-order valence-corrected chi connectivity index (χ2v) is 5.68. The van der Waals surface area contributed by atoms with Crippen LogP contribution >= 0.6 is 11.8 Å². The average Bonchev–Trinajstić information content (AvgIpc) is 2.57. The van der Waals surface area contributed by atoms with Gasteiger partial charge in [0.1, 0.15) is 6.04 Å². The van der Waals surface area contributed by atoms with Gasteiger partial charge in [-0.3, -0.25) is 0 Å². The van der Waals surface area contributed by atoms with E-state index in [0.717, 1.165) is 10.5 Å². The summed E-state index contributed by atoms with van der Waals surface area (Å²) in [5.74, 6) is 1.07. The molecule has 0 saturated heterocycles. The van der Waals surface area contributed by atoms with E-state index in [1.165, 1.54) is 7.11 Å². The number of phenols is 1. The number of thioether (sulfide) groups is 1. The van der Waals surface area contributed by atoms with E-state index in [9.17, 15) is 10.0 Å².